The van der Waals surface area contributed by atoms with Crippen molar-refractivity contribution in [3.63, 3.8) is 0 Å². The van der Waals surface area contributed by atoms with Gasteiger partial charge in [0.15, 0.2) is 0 Å². The van der Waals surface area contributed by atoms with Gasteiger partial charge in [0.05, 0.1) is 0 Å². The fraction of sp³-hybridized carbons (Fsp3) is 1.00. The largest absolute Gasteiger partial charge is 0.385 e. The fourth-order valence-corrected chi connectivity index (χ4v) is 2.02. The molecule has 1 aliphatic heterocycles. The molecule has 0 saturated carbocycles. The third kappa shape index (κ3) is 4.40. The third-order valence-electron chi connectivity index (χ3n) is 3.00. The van der Waals surface area contributed by atoms with Gasteiger partial charge in [-0.1, -0.05) is 6.42 Å². The molecule has 1 fully saturated rings. The highest BCUT2D eigenvalue weighted by Crippen LogP contribution is 2.09. The minimum absolute atomic E-state index is 0.731. The quantitative estimate of drug-likeness (QED) is 0.673. The van der Waals surface area contributed by atoms with Gasteiger partial charge < -0.3 is 15.0 Å². The fourth-order valence-electron chi connectivity index (χ4n) is 2.02. The Morgan fingerprint density at radius 2 is 2.29 bits per heavy atom. The maximum Gasteiger partial charge on any atom is 0.0474 e. The molecule has 1 heterocycles. The Morgan fingerprint density at radius 1 is 1.43 bits per heavy atom. The average molecular weight is 200 g/mol. The van der Waals surface area contributed by atoms with E-state index < -0.39 is 0 Å². The van der Waals surface area contributed by atoms with Crippen LogP contribution in [0.3, 0.4) is 0 Å². The summed E-state index contributed by atoms with van der Waals surface area (Å²) in [4.78, 5) is 2.47. The lowest BCUT2D eigenvalue weighted by molar-refractivity contribution is 0.162. The molecular formula is C11H24N2O. The van der Waals surface area contributed by atoms with Crippen LogP contribution in [-0.4, -0.2) is 51.3 Å². The molecular weight excluding hydrogens is 176 g/mol. The zero-order valence-corrected chi connectivity index (χ0v) is 9.59. The second kappa shape index (κ2) is 7.21. The van der Waals surface area contributed by atoms with Gasteiger partial charge in [0.1, 0.15) is 0 Å². The second-order valence-electron chi connectivity index (χ2n) is 4.18. The molecule has 0 spiro atoms. The topological polar surface area (TPSA) is 24.5 Å². The van der Waals surface area contributed by atoms with Crippen LogP contribution in [0.4, 0.5) is 0 Å². The van der Waals surface area contributed by atoms with Crippen molar-refractivity contribution in [2.75, 3.05) is 40.4 Å². The Balaban J connectivity index is 2.16. The van der Waals surface area contributed by atoms with Gasteiger partial charge in [-0.2, -0.15) is 0 Å². The van der Waals surface area contributed by atoms with Crippen LogP contribution < -0.4 is 5.32 Å². The van der Waals surface area contributed by atoms with Crippen LogP contribution in [0.25, 0.3) is 0 Å². The van der Waals surface area contributed by atoms with E-state index >= 15 is 0 Å². The van der Waals surface area contributed by atoms with Gasteiger partial charge >= 0.3 is 0 Å². The van der Waals surface area contributed by atoms with Gasteiger partial charge in [0, 0.05) is 32.8 Å². The average Bonchev–Trinajstić information content (AvgIpc) is 2.46. The summed E-state index contributed by atoms with van der Waals surface area (Å²) in [6, 6.07) is 0.731. The molecule has 14 heavy (non-hydrogen) atoms. The Labute approximate surface area is 87.8 Å². The number of nitrogens with one attached hydrogen (secondary N) is 1. The molecule has 84 valence electrons. The van der Waals surface area contributed by atoms with E-state index in [1.54, 1.807) is 7.11 Å². The van der Waals surface area contributed by atoms with Crippen LogP contribution >= 0.6 is 0 Å². The van der Waals surface area contributed by atoms with Crippen LogP contribution in [0.15, 0.2) is 0 Å². The summed E-state index contributed by atoms with van der Waals surface area (Å²) >= 11 is 0. The zero-order valence-electron chi connectivity index (χ0n) is 9.59. The molecule has 0 amide bonds. The molecule has 0 aromatic heterocycles. The highest BCUT2D eigenvalue weighted by molar-refractivity contribution is 4.74. The SMILES string of the molecule is COCCCN(C)C1CCCCNC1. The predicted molar refractivity (Wildman–Crippen MR) is 59.6 cm³/mol. The smallest absolute Gasteiger partial charge is 0.0474 e. The van der Waals surface area contributed by atoms with Crippen LogP contribution in [0.5, 0.6) is 0 Å². The standard InChI is InChI=1S/C11H24N2O/c1-13(8-5-9-14-2)11-6-3-4-7-12-10-11/h11-12H,3-10H2,1-2H3. The van der Waals surface area contributed by atoms with E-state index in [0.717, 1.165) is 32.2 Å². The summed E-state index contributed by atoms with van der Waals surface area (Å²) < 4.78 is 5.06. The summed E-state index contributed by atoms with van der Waals surface area (Å²) in [6.07, 6.45) is 5.19. The first-order valence-corrected chi connectivity index (χ1v) is 5.74. The Morgan fingerprint density at radius 3 is 3.07 bits per heavy atom. The molecule has 3 nitrogen and oxygen atoms in total. The van der Waals surface area contributed by atoms with E-state index in [9.17, 15) is 0 Å². The van der Waals surface area contributed by atoms with Crippen molar-refractivity contribution in [2.24, 2.45) is 0 Å². The number of hydrogen-bond acceptors (Lipinski definition) is 3. The lowest BCUT2D eigenvalue weighted by Gasteiger charge is -2.26. The van der Waals surface area contributed by atoms with E-state index in [2.05, 4.69) is 17.3 Å². The lowest BCUT2D eigenvalue weighted by atomic mass is 10.1. The van der Waals surface area contributed by atoms with E-state index in [4.69, 9.17) is 4.74 Å². The summed E-state index contributed by atoms with van der Waals surface area (Å²) in [5, 5.41) is 3.50. The highest BCUT2D eigenvalue weighted by atomic mass is 16.5. The highest BCUT2D eigenvalue weighted by Gasteiger charge is 2.15. The van der Waals surface area contributed by atoms with E-state index in [0.29, 0.717) is 0 Å². The van der Waals surface area contributed by atoms with Crippen LogP contribution in [0, 0.1) is 0 Å². The summed E-state index contributed by atoms with van der Waals surface area (Å²) in [5.41, 5.74) is 0. The molecule has 0 aromatic rings. The first-order chi connectivity index (χ1) is 6.84. The van der Waals surface area contributed by atoms with Crippen LogP contribution in [0.1, 0.15) is 25.7 Å². The van der Waals surface area contributed by atoms with Crippen molar-refractivity contribution in [3.8, 4) is 0 Å². The first kappa shape index (κ1) is 12.0. The normalized spacial score (nSPS) is 23.8. The Bertz CT molecular complexity index is 133. The maximum atomic E-state index is 5.06. The number of hydrogen-bond donors (Lipinski definition) is 1. The molecule has 0 bridgehead atoms. The molecule has 1 rings (SSSR count). The molecule has 1 saturated heterocycles. The van der Waals surface area contributed by atoms with Crippen molar-refractivity contribution in [1.29, 1.82) is 0 Å². The van der Waals surface area contributed by atoms with E-state index in [1.165, 1.54) is 25.8 Å². The van der Waals surface area contributed by atoms with Gasteiger partial charge in [-0.25, -0.2) is 0 Å². The zero-order chi connectivity index (χ0) is 10.2. The number of rotatable bonds is 5. The van der Waals surface area contributed by atoms with Gasteiger partial charge in [0.2, 0.25) is 0 Å². The lowest BCUT2D eigenvalue weighted by Crippen LogP contribution is -2.39. The molecule has 1 atom stereocenters. The molecule has 1 N–H and O–H groups in total. The maximum absolute atomic E-state index is 5.06. The molecule has 0 radical (unpaired) electrons. The van der Waals surface area contributed by atoms with Crippen molar-refractivity contribution >= 4 is 0 Å². The minimum Gasteiger partial charge on any atom is -0.385 e. The Hall–Kier alpha value is -0.120. The second-order valence-corrected chi connectivity index (χ2v) is 4.18. The number of nitrogens with zero attached hydrogens (tertiary/aromatic N) is 1. The Kier molecular flexibility index (Phi) is 6.15. The number of methoxy groups -OCH3 is 1. The van der Waals surface area contributed by atoms with Crippen LogP contribution in [0.2, 0.25) is 0 Å². The molecule has 0 aromatic carbocycles. The molecule has 3 heteroatoms. The van der Waals surface area contributed by atoms with Crippen molar-refractivity contribution in [2.45, 2.75) is 31.7 Å². The molecule has 1 aliphatic rings. The molecule has 0 aliphatic carbocycles. The van der Waals surface area contributed by atoms with E-state index in [1.807, 2.05) is 0 Å². The van der Waals surface area contributed by atoms with Gasteiger partial charge in [-0.05, 0) is 32.9 Å². The molecule has 1 unspecified atom stereocenters. The monoisotopic (exact) mass is 200 g/mol. The van der Waals surface area contributed by atoms with E-state index in [-0.39, 0.29) is 0 Å². The number of ether oxygens (including phenoxy) is 1. The van der Waals surface area contributed by atoms with Crippen molar-refractivity contribution in [3.05, 3.63) is 0 Å². The minimum atomic E-state index is 0.731. The summed E-state index contributed by atoms with van der Waals surface area (Å²) in [6.45, 7) is 4.39. The number of likely N-dealkylation sites (N-methyl/N-ethyl adjacent to an activating group) is 1. The van der Waals surface area contributed by atoms with Gasteiger partial charge in [-0.3, -0.25) is 0 Å². The summed E-state index contributed by atoms with van der Waals surface area (Å²) in [5.74, 6) is 0. The summed E-state index contributed by atoms with van der Waals surface area (Å²) in [7, 11) is 4.00. The van der Waals surface area contributed by atoms with Gasteiger partial charge in [-0.15, -0.1) is 0 Å². The van der Waals surface area contributed by atoms with Crippen LogP contribution in [-0.2, 0) is 4.74 Å². The van der Waals surface area contributed by atoms with Gasteiger partial charge in [0.25, 0.3) is 0 Å². The first-order valence-electron chi connectivity index (χ1n) is 5.74. The van der Waals surface area contributed by atoms with Crippen molar-refractivity contribution in [1.82, 2.24) is 10.2 Å². The van der Waals surface area contributed by atoms with Crippen molar-refractivity contribution < 1.29 is 4.74 Å². The predicted octanol–water partition coefficient (Wildman–Crippen LogP) is 1.10. The third-order valence-corrected chi connectivity index (χ3v) is 3.00.